The second kappa shape index (κ2) is 10.4. The third-order valence-electron chi connectivity index (χ3n) is 4.52. The van der Waals surface area contributed by atoms with E-state index in [-0.39, 0.29) is 23.9 Å². The van der Waals surface area contributed by atoms with E-state index in [9.17, 15) is 14.4 Å². The highest BCUT2D eigenvalue weighted by Gasteiger charge is 2.28. The van der Waals surface area contributed by atoms with Crippen molar-refractivity contribution in [3.63, 3.8) is 0 Å². The van der Waals surface area contributed by atoms with Gasteiger partial charge in [-0.15, -0.1) is 23.1 Å². The van der Waals surface area contributed by atoms with Gasteiger partial charge < -0.3 is 10.1 Å². The number of ketones is 1. The number of carbonyl (C=O) groups excluding carboxylic acids is 3. The first kappa shape index (κ1) is 22.8. The standard InChI is InChI=1S/C24H23NO4S2/c1-4-29-24(28)19-15(2)20(16(3)26)31-23(19)25-22(27)21(17-11-7-5-8-12-17)30-18-13-9-6-10-14-18/h5-14,21H,4H2,1-3H3,(H,25,27)/t21-/m1/s1. The lowest BCUT2D eigenvalue weighted by atomic mass is 10.1. The zero-order valence-corrected chi connectivity index (χ0v) is 19.1. The lowest BCUT2D eigenvalue weighted by Crippen LogP contribution is -2.20. The Labute approximate surface area is 189 Å². The average molecular weight is 454 g/mol. The maximum atomic E-state index is 13.4. The predicted molar refractivity (Wildman–Crippen MR) is 125 cm³/mol. The molecule has 0 unspecified atom stereocenters. The van der Waals surface area contributed by atoms with Crippen LogP contribution in [0.1, 0.15) is 50.3 Å². The minimum absolute atomic E-state index is 0.160. The number of ether oxygens (including phenoxy) is 1. The number of thiophene rings is 1. The number of benzene rings is 2. The van der Waals surface area contributed by atoms with Crippen LogP contribution in [0.2, 0.25) is 0 Å². The fourth-order valence-electron chi connectivity index (χ4n) is 3.10. The smallest absolute Gasteiger partial charge is 0.341 e. The molecule has 0 bridgehead atoms. The lowest BCUT2D eigenvalue weighted by molar-refractivity contribution is -0.115. The van der Waals surface area contributed by atoms with Crippen molar-refractivity contribution in [1.29, 1.82) is 0 Å². The zero-order valence-electron chi connectivity index (χ0n) is 17.5. The van der Waals surface area contributed by atoms with Crippen LogP contribution in [-0.2, 0) is 9.53 Å². The SMILES string of the molecule is CCOC(=O)c1c(NC(=O)[C@H](Sc2ccccc2)c2ccccc2)sc(C(C)=O)c1C. The number of nitrogens with one attached hydrogen (secondary N) is 1. The Bertz CT molecular complexity index is 1080. The highest BCUT2D eigenvalue weighted by molar-refractivity contribution is 8.00. The minimum Gasteiger partial charge on any atom is -0.462 e. The summed E-state index contributed by atoms with van der Waals surface area (Å²) in [5, 5.41) is 2.68. The van der Waals surface area contributed by atoms with Crippen molar-refractivity contribution in [2.45, 2.75) is 30.9 Å². The monoisotopic (exact) mass is 453 g/mol. The molecule has 0 aliphatic carbocycles. The highest BCUT2D eigenvalue weighted by Crippen LogP contribution is 2.39. The van der Waals surface area contributed by atoms with Gasteiger partial charge in [0.15, 0.2) is 5.78 Å². The van der Waals surface area contributed by atoms with Crippen LogP contribution in [-0.4, -0.2) is 24.3 Å². The van der Waals surface area contributed by atoms with Gasteiger partial charge in [-0.2, -0.15) is 0 Å². The van der Waals surface area contributed by atoms with E-state index in [2.05, 4.69) is 5.32 Å². The summed E-state index contributed by atoms with van der Waals surface area (Å²) in [6.45, 7) is 5.05. The Kier molecular flexibility index (Phi) is 7.65. The van der Waals surface area contributed by atoms with Crippen LogP contribution in [0.4, 0.5) is 5.00 Å². The van der Waals surface area contributed by atoms with Crippen molar-refractivity contribution < 1.29 is 19.1 Å². The number of esters is 1. The second-order valence-electron chi connectivity index (χ2n) is 6.75. The van der Waals surface area contributed by atoms with E-state index in [1.54, 1.807) is 13.8 Å². The van der Waals surface area contributed by atoms with Crippen LogP contribution >= 0.6 is 23.1 Å². The van der Waals surface area contributed by atoms with Gasteiger partial charge in [-0.3, -0.25) is 9.59 Å². The summed E-state index contributed by atoms with van der Waals surface area (Å²) in [5.74, 6) is -0.986. The summed E-state index contributed by atoms with van der Waals surface area (Å²) in [4.78, 5) is 39.3. The first-order valence-electron chi connectivity index (χ1n) is 9.81. The quantitative estimate of drug-likeness (QED) is 0.261. The fourth-order valence-corrected chi connectivity index (χ4v) is 5.24. The van der Waals surface area contributed by atoms with Crippen molar-refractivity contribution in [2.75, 3.05) is 11.9 Å². The Morgan fingerprint density at radius 3 is 2.23 bits per heavy atom. The van der Waals surface area contributed by atoms with Crippen molar-refractivity contribution in [3.05, 3.63) is 82.2 Å². The molecule has 0 saturated carbocycles. The van der Waals surface area contributed by atoms with E-state index in [0.717, 1.165) is 21.8 Å². The summed E-state index contributed by atoms with van der Waals surface area (Å²) >= 11 is 2.52. The van der Waals surface area contributed by atoms with Crippen LogP contribution in [0.25, 0.3) is 0 Å². The third kappa shape index (κ3) is 5.42. The average Bonchev–Trinajstić information content (AvgIpc) is 3.09. The van der Waals surface area contributed by atoms with E-state index in [0.29, 0.717) is 15.4 Å². The van der Waals surface area contributed by atoms with Crippen molar-refractivity contribution in [3.8, 4) is 0 Å². The van der Waals surface area contributed by atoms with E-state index in [4.69, 9.17) is 4.74 Å². The Morgan fingerprint density at radius 2 is 1.65 bits per heavy atom. The molecule has 1 aromatic heterocycles. The van der Waals surface area contributed by atoms with Crippen LogP contribution in [0.15, 0.2) is 65.6 Å². The molecule has 1 N–H and O–H groups in total. The molecule has 1 atom stereocenters. The van der Waals surface area contributed by atoms with Gasteiger partial charge in [0.1, 0.15) is 10.3 Å². The topological polar surface area (TPSA) is 72.5 Å². The Hall–Kier alpha value is -2.90. The molecule has 160 valence electrons. The molecule has 0 aliphatic rings. The normalized spacial score (nSPS) is 11.6. The number of thioether (sulfide) groups is 1. The molecule has 2 aromatic carbocycles. The van der Waals surface area contributed by atoms with E-state index < -0.39 is 11.2 Å². The molecular weight excluding hydrogens is 430 g/mol. The molecule has 1 heterocycles. The molecule has 0 spiro atoms. The van der Waals surface area contributed by atoms with Crippen molar-refractivity contribution in [2.24, 2.45) is 0 Å². The summed E-state index contributed by atoms with van der Waals surface area (Å²) in [6, 6.07) is 19.1. The molecule has 7 heteroatoms. The van der Waals surface area contributed by atoms with Gasteiger partial charge in [0, 0.05) is 4.90 Å². The number of rotatable bonds is 8. The second-order valence-corrected chi connectivity index (χ2v) is 8.95. The third-order valence-corrected chi connectivity index (χ3v) is 7.09. The van der Waals surface area contributed by atoms with Crippen molar-refractivity contribution >= 4 is 45.8 Å². The molecule has 1 amide bonds. The van der Waals surface area contributed by atoms with Gasteiger partial charge in [-0.05, 0) is 44.0 Å². The summed E-state index contributed by atoms with van der Waals surface area (Å²) in [5.41, 5.74) is 1.60. The number of carbonyl (C=O) groups is 3. The first-order chi connectivity index (χ1) is 14.9. The minimum atomic E-state index is -0.550. The zero-order chi connectivity index (χ0) is 22.4. The van der Waals surface area contributed by atoms with Gasteiger partial charge in [0.2, 0.25) is 5.91 Å². The van der Waals surface area contributed by atoms with Gasteiger partial charge >= 0.3 is 5.97 Å². The molecule has 0 aliphatic heterocycles. The van der Waals surface area contributed by atoms with Crippen LogP contribution in [0.5, 0.6) is 0 Å². The maximum absolute atomic E-state index is 13.4. The summed E-state index contributed by atoms with van der Waals surface area (Å²) < 4.78 is 5.16. The first-order valence-corrected chi connectivity index (χ1v) is 11.5. The van der Waals surface area contributed by atoms with E-state index >= 15 is 0 Å². The van der Waals surface area contributed by atoms with Crippen molar-refractivity contribution in [1.82, 2.24) is 0 Å². The van der Waals surface area contributed by atoms with Gasteiger partial charge in [-0.25, -0.2) is 4.79 Å². The number of hydrogen-bond donors (Lipinski definition) is 1. The molecule has 31 heavy (non-hydrogen) atoms. The van der Waals surface area contributed by atoms with Crippen LogP contribution in [0.3, 0.4) is 0 Å². The molecule has 0 fully saturated rings. The molecule has 3 rings (SSSR count). The van der Waals surface area contributed by atoms with Gasteiger partial charge in [0.05, 0.1) is 17.0 Å². The Morgan fingerprint density at radius 1 is 1.03 bits per heavy atom. The van der Waals surface area contributed by atoms with Gasteiger partial charge in [-0.1, -0.05) is 48.5 Å². The molecular formula is C24H23NO4S2. The molecule has 5 nitrogen and oxygen atoms in total. The molecule has 3 aromatic rings. The van der Waals surface area contributed by atoms with E-state index in [1.165, 1.54) is 18.7 Å². The predicted octanol–water partition coefficient (Wildman–Crippen LogP) is 5.91. The summed E-state index contributed by atoms with van der Waals surface area (Å²) in [7, 11) is 0. The maximum Gasteiger partial charge on any atom is 0.341 e. The lowest BCUT2D eigenvalue weighted by Gasteiger charge is -2.17. The molecule has 0 saturated heterocycles. The number of anilines is 1. The fraction of sp³-hybridized carbons (Fsp3) is 0.208. The summed E-state index contributed by atoms with van der Waals surface area (Å²) in [6.07, 6.45) is 0. The highest BCUT2D eigenvalue weighted by atomic mass is 32.2. The Balaban J connectivity index is 1.97. The van der Waals surface area contributed by atoms with Crippen LogP contribution in [0, 0.1) is 6.92 Å². The van der Waals surface area contributed by atoms with Gasteiger partial charge in [0.25, 0.3) is 0 Å². The largest absolute Gasteiger partial charge is 0.462 e. The number of hydrogen-bond acceptors (Lipinski definition) is 6. The number of amides is 1. The van der Waals surface area contributed by atoms with E-state index in [1.807, 2.05) is 60.7 Å². The van der Waals surface area contributed by atoms with Crippen LogP contribution < -0.4 is 5.32 Å². The molecule has 0 radical (unpaired) electrons. The number of Topliss-reactive ketones (excluding diaryl/α,β-unsaturated/α-hetero) is 1.